The van der Waals surface area contributed by atoms with Crippen molar-refractivity contribution in [3.8, 4) is 22.7 Å². The maximum absolute atomic E-state index is 12.8. The number of hydrogen-bond acceptors (Lipinski definition) is 4. The number of hydrogen-bond donors (Lipinski definition) is 3. The van der Waals surface area contributed by atoms with E-state index in [4.69, 9.17) is 17.3 Å². The molecule has 0 unspecified atom stereocenters. The number of benzene rings is 3. The zero-order valence-corrected chi connectivity index (χ0v) is 18.1. The normalized spacial score (nSPS) is 12.0. The van der Waals surface area contributed by atoms with Crippen LogP contribution >= 0.6 is 11.6 Å². The van der Waals surface area contributed by atoms with Crippen LogP contribution in [0.2, 0.25) is 5.02 Å². The average molecular weight is 459 g/mol. The molecule has 0 bridgehead atoms. The van der Waals surface area contributed by atoms with Gasteiger partial charge in [-0.15, -0.1) is 0 Å². The minimum Gasteiger partial charge on any atom is -0.508 e. The van der Waals surface area contributed by atoms with Crippen LogP contribution in [0.5, 0.6) is 5.75 Å². The number of halogens is 1. The van der Waals surface area contributed by atoms with Gasteiger partial charge in [0, 0.05) is 22.9 Å². The molecule has 0 aliphatic heterocycles. The van der Waals surface area contributed by atoms with Crippen molar-refractivity contribution < 1.29 is 14.7 Å². The van der Waals surface area contributed by atoms with E-state index in [-0.39, 0.29) is 17.4 Å². The van der Waals surface area contributed by atoms with Crippen LogP contribution in [0.25, 0.3) is 16.9 Å². The highest BCUT2D eigenvalue weighted by Gasteiger charge is 2.28. The van der Waals surface area contributed by atoms with Gasteiger partial charge in [0.05, 0.1) is 22.0 Å². The number of fused-ring (bicyclic) bond motifs is 3. The second-order valence-corrected chi connectivity index (χ2v) is 8.18. The number of nitrogens with one attached hydrogen (secondary N) is 1. The lowest BCUT2D eigenvalue weighted by Gasteiger charge is -2.20. The molecule has 0 saturated heterocycles. The molecule has 33 heavy (non-hydrogen) atoms. The SMILES string of the molecule is NC(=O)c1nn(-c2cccc(O)c2)c2c1CCc1ccc(NC(=O)c3ccccc3Cl)cc1-2. The smallest absolute Gasteiger partial charge is 0.269 e. The van der Waals surface area contributed by atoms with Crippen molar-refractivity contribution in [2.24, 2.45) is 5.73 Å². The maximum Gasteiger partial charge on any atom is 0.269 e. The lowest BCUT2D eigenvalue weighted by molar-refractivity contribution is 0.0992. The quantitative estimate of drug-likeness (QED) is 0.422. The summed E-state index contributed by atoms with van der Waals surface area (Å²) in [6.45, 7) is 0. The van der Waals surface area contributed by atoms with Crippen molar-refractivity contribution in [2.45, 2.75) is 12.8 Å². The van der Waals surface area contributed by atoms with Gasteiger partial charge in [0.1, 0.15) is 5.75 Å². The summed E-state index contributed by atoms with van der Waals surface area (Å²) < 4.78 is 1.62. The summed E-state index contributed by atoms with van der Waals surface area (Å²) in [6.07, 6.45) is 1.30. The van der Waals surface area contributed by atoms with Gasteiger partial charge in [-0.1, -0.05) is 35.9 Å². The highest BCUT2D eigenvalue weighted by atomic mass is 35.5. The van der Waals surface area contributed by atoms with Gasteiger partial charge in [0.2, 0.25) is 0 Å². The van der Waals surface area contributed by atoms with Crippen LogP contribution in [0.3, 0.4) is 0 Å². The average Bonchev–Trinajstić information content (AvgIpc) is 3.20. The summed E-state index contributed by atoms with van der Waals surface area (Å²) in [5, 5.41) is 17.7. The minimum absolute atomic E-state index is 0.0779. The first-order valence-corrected chi connectivity index (χ1v) is 10.7. The van der Waals surface area contributed by atoms with Crippen molar-refractivity contribution in [3.63, 3.8) is 0 Å². The topological polar surface area (TPSA) is 110 Å². The number of primary amides is 1. The van der Waals surface area contributed by atoms with Crippen molar-refractivity contribution in [2.75, 3.05) is 5.32 Å². The number of rotatable bonds is 4. The molecule has 0 fully saturated rings. The molecule has 1 aliphatic carbocycles. The van der Waals surface area contributed by atoms with Gasteiger partial charge in [0.15, 0.2) is 5.69 Å². The summed E-state index contributed by atoms with van der Waals surface area (Å²) in [4.78, 5) is 24.9. The van der Waals surface area contributed by atoms with E-state index in [1.54, 1.807) is 53.2 Å². The van der Waals surface area contributed by atoms with Crippen molar-refractivity contribution in [1.29, 1.82) is 0 Å². The van der Waals surface area contributed by atoms with E-state index in [0.29, 0.717) is 40.5 Å². The van der Waals surface area contributed by atoms with Crippen LogP contribution in [0.1, 0.15) is 32.0 Å². The Morgan fingerprint density at radius 2 is 1.85 bits per heavy atom. The molecule has 1 aromatic heterocycles. The minimum atomic E-state index is -0.614. The zero-order chi connectivity index (χ0) is 23.1. The Morgan fingerprint density at radius 1 is 1.03 bits per heavy atom. The van der Waals surface area contributed by atoms with Gasteiger partial charge in [0.25, 0.3) is 11.8 Å². The van der Waals surface area contributed by atoms with E-state index >= 15 is 0 Å². The fourth-order valence-corrected chi connectivity index (χ4v) is 4.39. The molecule has 3 aromatic carbocycles. The van der Waals surface area contributed by atoms with Crippen LogP contribution in [0, 0.1) is 0 Å². The molecule has 5 rings (SSSR count). The van der Waals surface area contributed by atoms with Gasteiger partial charge < -0.3 is 16.2 Å². The first-order chi connectivity index (χ1) is 15.9. The first-order valence-electron chi connectivity index (χ1n) is 10.3. The summed E-state index contributed by atoms with van der Waals surface area (Å²) in [5.41, 5.74) is 10.7. The Kier molecular flexibility index (Phi) is 5.11. The van der Waals surface area contributed by atoms with Crippen molar-refractivity contribution >= 4 is 29.1 Å². The van der Waals surface area contributed by atoms with Gasteiger partial charge in [-0.25, -0.2) is 4.68 Å². The molecule has 0 saturated carbocycles. The molecule has 2 amide bonds. The van der Waals surface area contributed by atoms with E-state index in [1.165, 1.54) is 0 Å². The molecule has 7 nitrogen and oxygen atoms in total. The molecular weight excluding hydrogens is 440 g/mol. The summed E-state index contributed by atoms with van der Waals surface area (Å²) in [6, 6.07) is 19.1. The molecule has 0 radical (unpaired) electrons. The molecule has 0 atom stereocenters. The molecule has 1 heterocycles. The van der Waals surface area contributed by atoms with E-state index in [2.05, 4.69) is 10.4 Å². The molecular formula is C25H19ClN4O3. The largest absolute Gasteiger partial charge is 0.508 e. The monoisotopic (exact) mass is 458 g/mol. The Morgan fingerprint density at radius 3 is 2.61 bits per heavy atom. The molecule has 1 aliphatic rings. The molecule has 8 heteroatoms. The molecule has 4 aromatic rings. The highest BCUT2D eigenvalue weighted by Crippen LogP contribution is 2.38. The van der Waals surface area contributed by atoms with E-state index in [0.717, 1.165) is 16.7 Å². The predicted molar refractivity (Wildman–Crippen MR) is 126 cm³/mol. The number of phenolic OH excluding ortho intramolecular Hbond substituents is 1. The van der Waals surface area contributed by atoms with E-state index in [9.17, 15) is 14.7 Å². The number of nitrogens with zero attached hydrogens (tertiary/aromatic N) is 2. The summed E-state index contributed by atoms with van der Waals surface area (Å²) in [5.74, 6) is -0.859. The second kappa shape index (κ2) is 8.11. The van der Waals surface area contributed by atoms with Gasteiger partial charge in [-0.2, -0.15) is 5.10 Å². The van der Waals surface area contributed by atoms with Crippen LogP contribution in [0.15, 0.2) is 66.7 Å². The number of carbonyl (C=O) groups excluding carboxylic acids is 2. The fourth-order valence-electron chi connectivity index (χ4n) is 4.17. The number of aromatic hydroxyl groups is 1. The fraction of sp³-hybridized carbons (Fsp3) is 0.0800. The van der Waals surface area contributed by atoms with Crippen LogP contribution in [0.4, 0.5) is 5.69 Å². The predicted octanol–water partition coefficient (Wildman–Crippen LogP) is 4.35. The van der Waals surface area contributed by atoms with Crippen LogP contribution < -0.4 is 11.1 Å². The number of amides is 2. The van der Waals surface area contributed by atoms with E-state index in [1.807, 2.05) is 18.2 Å². The van der Waals surface area contributed by atoms with E-state index < -0.39 is 5.91 Å². The number of aromatic nitrogens is 2. The van der Waals surface area contributed by atoms with Crippen molar-refractivity contribution in [3.05, 3.63) is 94.1 Å². The Hall–Kier alpha value is -4.10. The number of anilines is 1. The van der Waals surface area contributed by atoms with Gasteiger partial charge in [-0.3, -0.25) is 9.59 Å². The number of phenols is 1. The third-order valence-corrected chi connectivity index (χ3v) is 6.01. The Labute approximate surface area is 194 Å². The summed E-state index contributed by atoms with van der Waals surface area (Å²) in [7, 11) is 0. The van der Waals surface area contributed by atoms with Crippen molar-refractivity contribution in [1.82, 2.24) is 9.78 Å². The molecule has 4 N–H and O–H groups in total. The zero-order valence-electron chi connectivity index (χ0n) is 17.4. The first kappa shape index (κ1) is 20.8. The van der Waals surface area contributed by atoms with Gasteiger partial charge in [-0.05, 0) is 54.8 Å². The Balaban J connectivity index is 1.62. The number of carbonyl (C=O) groups is 2. The third kappa shape index (κ3) is 3.72. The standard InChI is InChI=1S/C25H19ClN4O3/c26-21-7-2-1-6-18(21)25(33)28-15-10-8-14-9-11-19-22(24(27)32)29-30(23(19)20(14)12-15)16-4-3-5-17(31)13-16/h1-8,10,12-13,31H,9,11H2,(H2,27,32)(H,28,33). The highest BCUT2D eigenvalue weighted by molar-refractivity contribution is 6.34. The lowest BCUT2D eigenvalue weighted by Crippen LogP contribution is -2.15. The lowest BCUT2D eigenvalue weighted by atomic mass is 9.88. The third-order valence-electron chi connectivity index (χ3n) is 5.68. The van der Waals surface area contributed by atoms with Gasteiger partial charge >= 0.3 is 0 Å². The second-order valence-electron chi connectivity index (χ2n) is 7.78. The maximum atomic E-state index is 12.8. The van der Waals surface area contributed by atoms with Crippen LogP contribution in [-0.2, 0) is 12.8 Å². The Bertz CT molecular complexity index is 1430. The summed E-state index contributed by atoms with van der Waals surface area (Å²) >= 11 is 6.16. The number of aryl methyl sites for hydroxylation is 1. The van der Waals surface area contributed by atoms with Crippen LogP contribution in [-0.4, -0.2) is 26.7 Å². The number of nitrogens with two attached hydrogens (primary N) is 1. The molecule has 164 valence electrons. The molecule has 0 spiro atoms.